The fourth-order valence-electron chi connectivity index (χ4n) is 3.67. The fourth-order valence-corrected chi connectivity index (χ4v) is 3.93. The van der Waals surface area contributed by atoms with Crippen molar-refractivity contribution < 1.29 is 9.53 Å². The molecule has 0 spiro atoms. The normalized spacial score (nSPS) is 11.4. The van der Waals surface area contributed by atoms with E-state index in [1.807, 2.05) is 42.5 Å². The molecular weight excluding hydrogens is 546 g/mol. The predicted octanol–water partition coefficient (Wildman–Crippen LogP) is 5.30. The van der Waals surface area contributed by atoms with E-state index < -0.39 is 0 Å². The van der Waals surface area contributed by atoms with Crippen LogP contribution >= 0.6 is 15.9 Å². The molecule has 0 aliphatic heterocycles. The Balaban J connectivity index is 1.38. The number of halogens is 1. The maximum atomic E-state index is 13.1. The van der Waals surface area contributed by atoms with Gasteiger partial charge in [-0.15, -0.1) is 0 Å². The number of hydrogen-bond donors (Lipinski definition) is 1. The number of carbonyl (C=O) groups is 1. The number of para-hydroxylation sites is 1. The zero-order chi connectivity index (χ0) is 26.7. The van der Waals surface area contributed by atoms with Crippen LogP contribution in [-0.4, -0.2) is 34.6 Å². The van der Waals surface area contributed by atoms with Crippen LogP contribution in [0.4, 0.5) is 0 Å². The fraction of sp³-hybridized carbons (Fsp3) is 0.207. The number of aromatic nitrogens is 2. The Morgan fingerprint density at radius 3 is 2.47 bits per heavy atom. The van der Waals surface area contributed by atoms with Gasteiger partial charge in [0.2, 0.25) is 0 Å². The number of amides is 1. The van der Waals surface area contributed by atoms with Crippen molar-refractivity contribution in [3.8, 4) is 5.75 Å². The van der Waals surface area contributed by atoms with E-state index in [1.165, 1.54) is 4.68 Å². The van der Waals surface area contributed by atoms with Crippen LogP contribution in [0.5, 0.6) is 5.75 Å². The van der Waals surface area contributed by atoms with E-state index in [1.54, 1.807) is 42.8 Å². The van der Waals surface area contributed by atoms with Crippen LogP contribution in [0.3, 0.4) is 0 Å². The number of nitrogens with zero attached hydrogens (tertiary/aromatic N) is 4. The molecule has 0 radical (unpaired) electrons. The molecule has 0 fully saturated rings. The van der Waals surface area contributed by atoms with Gasteiger partial charge in [0.15, 0.2) is 6.61 Å². The summed E-state index contributed by atoms with van der Waals surface area (Å²) in [5.74, 6) is 0.800. The van der Waals surface area contributed by atoms with Gasteiger partial charge in [-0.25, -0.2) is 10.4 Å². The molecule has 0 saturated heterocycles. The topological polar surface area (TPSA) is 97.9 Å². The van der Waals surface area contributed by atoms with Crippen LogP contribution in [0.25, 0.3) is 10.9 Å². The summed E-state index contributed by atoms with van der Waals surface area (Å²) in [4.78, 5) is 29.8. The first kappa shape index (κ1) is 26.9. The quantitative estimate of drug-likeness (QED) is 0.149. The Labute approximate surface area is 229 Å². The van der Waals surface area contributed by atoms with Gasteiger partial charge in [-0.3, -0.25) is 9.59 Å². The molecule has 1 N–H and O–H groups in total. The molecule has 4 rings (SSSR count). The van der Waals surface area contributed by atoms with Crippen molar-refractivity contribution in [3.63, 3.8) is 0 Å². The average molecular weight is 574 g/mol. The molecule has 0 atom stereocenters. The van der Waals surface area contributed by atoms with Crippen LogP contribution in [-0.2, 0) is 11.2 Å². The summed E-state index contributed by atoms with van der Waals surface area (Å²) < 4.78 is 7.90. The molecular formula is C29H28BrN5O3. The Kier molecular flexibility index (Phi) is 9.53. The Morgan fingerprint density at radius 1 is 1.00 bits per heavy atom. The second kappa shape index (κ2) is 13.4. The highest BCUT2D eigenvalue weighted by Crippen LogP contribution is 2.13. The molecule has 0 aliphatic rings. The molecule has 0 bridgehead atoms. The summed E-state index contributed by atoms with van der Waals surface area (Å²) >= 11 is 3.37. The zero-order valence-corrected chi connectivity index (χ0v) is 22.6. The van der Waals surface area contributed by atoms with Crippen molar-refractivity contribution >= 4 is 45.2 Å². The van der Waals surface area contributed by atoms with Gasteiger partial charge >= 0.3 is 0 Å². The third-order valence-electron chi connectivity index (χ3n) is 5.67. The summed E-state index contributed by atoms with van der Waals surface area (Å²) in [6.45, 7) is 1.96. The lowest BCUT2D eigenvalue weighted by Gasteiger charge is -2.09. The van der Waals surface area contributed by atoms with Crippen molar-refractivity contribution in [2.24, 2.45) is 10.2 Å². The molecule has 1 heterocycles. The smallest absolute Gasteiger partial charge is 0.282 e. The molecule has 194 valence electrons. The minimum absolute atomic E-state index is 0.176. The van der Waals surface area contributed by atoms with Gasteiger partial charge in [-0.05, 0) is 66.1 Å². The van der Waals surface area contributed by atoms with Crippen molar-refractivity contribution in [1.82, 2.24) is 15.1 Å². The lowest BCUT2D eigenvalue weighted by atomic mass is 10.2. The van der Waals surface area contributed by atoms with Crippen LogP contribution in [0.15, 0.2) is 92.3 Å². The molecule has 8 nitrogen and oxygen atoms in total. The van der Waals surface area contributed by atoms with Crippen molar-refractivity contribution in [2.75, 3.05) is 6.61 Å². The number of unbranched alkanes of at least 4 members (excludes halogenated alkanes) is 2. The van der Waals surface area contributed by atoms with Crippen LogP contribution in [0, 0.1) is 0 Å². The van der Waals surface area contributed by atoms with Gasteiger partial charge in [0.05, 0.1) is 23.3 Å². The van der Waals surface area contributed by atoms with Gasteiger partial charge < -0.3 is 4.74 Å². The molecule has 1 aromatic heterocycles. The second-order valence-corrected chi connectivity index (χ2v) is 9.48. The Bertz CT molecular complexity index is 1500. The lowest BCUT2D eigenvalue weighted by molar-refractivity contribution is -0.123. The molecule has 1 amide bonds. The summed E-state index contributed by atoms with van der Waals surface area (Å²) in [5, 5.41) is 8.94. The highest BCUT2D eigenvalue weighted by atomic mass is 79.9. The number of rotatable bonds is 11. The first-order valence-electron chi connectivity index (χ1n) is 12.4. The summed E-state index contributed by atoms with van der Waals surface area (Å²) in [6.07, 6.45) is 6.93. The number of fused-ring (bicyclic) bond motifs is 1. The first-order valence-corrected chi connectivity index (χ1v) is 13.2. The molecule has 4 aromatic rings. The van der Waals surface area contributed by atoms with Gasteiger partial charge in [-0.1, -0.05) is 60.0 Å². The van der Waals surface area contributed by atoms with E-state index in [4.69, 9.17) is 9.72 Å². The second-order valence-electron chi connectivity index (χ2n) is 8.57. The van der Waals surface area contributed by atoms with Crippen molar-refractivity contribution in [3.05, 3.63) is 105 Å². The van der Waals surface area contributed by atoms with E-state index in [2.05, 4.69) is 38.5 Å². The number of hydrazone groups is 1. The van der Waals surface area contributed by atoms with Crippen molar-refractivity contribution in [2.45, 2.75) is 32.6 Å². The van der Waals surface area contributed by atoms with E-state index in [0.717, 1.165) is 34.9 Å². The third-order valence-corrected chi connectivity index (χ3v) is 6.20. The minimum atomic E-state index is -0.372. The van der Waals surface area contributed by atoms with Crippen molar-refractivity contribution in [1.29, 1.82) is 0 Å². The Morgan fingerprint density at radius 2 is 1.71 bits per heavy atom. The molecule has 0 saturated carbocycles. The van der Waals surface area contributed by atoms with Gasteiger partial charge in [-0.2, -0.15) is 14.9 Å². The van der Waals surface area contributed by atoms with E-state index in [0.29, 0.717) is 28.9 Å². The molecule has 3 aromatic carbocycles. The van der Waals surface area contributed by atoms with E-state index in [9.17, 15) is 9.59 Å². The Hall–Kier alpha value is -4.11. The largest absolute Gasteiger partial charge is 0.484 e. The number of benzene rings is 3. The predicted molar refractivity (Wildman–Crippen MR) is 154 cm³/mol. The molecule has 0 unspecified atom stereocenters. The minimum Gasteiger partial charge on any atom is -0.484 e. The average Bonchev–Trinajstić information content (AvgIpc) is 2.93. The lowest BCUT2D eigenvalue weighted by Crippen LogP contribution is -2.24. The SMILES string of the molecule is CCCCCc1nc2ccccc2c(=O)n1N=Cc1ccc(OCC(=O)NN=Cc2ccc(Br)cc2)cc1. The molecule has 38 heavy (non-hydrogen) atoms. The number of hydrogen-bond acceptors (Lipinski definition) is 6. The molecule has 0 aliphatic carbocycles. The van der Waals surface area contributed by atoms with Gasteiger partial charge in [0.1, 0.15) is 11.6 Å². The highest BCUT2D eigenvalue weighted by Gasteiger charge is 2.10. The summed E-state index contributed by atoms with van der Waals surface area (Å²) in [6, 6.07) is 21.9. The maximum Gasteiger partial charge on any atom is 0.282 e. The standard InChI is InChI=1S/C29H28BrN5O3/c1-2-3-4-9-27-33-26-8-6-5-7-25(26)29(37)35(27)32-19-22-12-16-24(17-13-22)38-20-28(36)34-31-18-21-10-14-23(30)15-11-21/h5-8,10-19H,2-4,9,20H2,1H3,(H,34,36). The number of carbonyl (C=O) groups excluding carboxylic acids is 1. The highest BCUT2D eigenvalue weighted by molar-refractivity contribution is 9.10. The van der Waals surface area contributed by atoms with E-state index >= 15 is 0 Å². The number of ether oxygens (including phenoxy) is 1. The summed E-state index contributed by atoms with van der Waals surface area (Å²) in [5.41, 5.74) is 4.57. The first-order chi connectivity index (χ1) is 18.5. The molecule has 9 heteroatoms. The number of aryl methyl sites for hydroxylation is 1. The summed E-state index contributed by atoms with van der Waals surface area (Å²) in [7, 11) is 0. The van der Waals surface area contributed by atoms with E-state index in [-0.39, 0.29) is 18.1 Å². The number of nitrogens with one attached hydrogen (secondary N) is 1. The zero-order valence-electron chi connectivity index (χ0n) is 21.0. The van der Waals surface area contributed by atoms with Gasteiger partial charge in [0, 0.05) is 10.9 Å². The van der Waals surface area contributed by atoms with Crippen LogP contribution in [0.2, 0.25) is 0 Å². The van der Waals surface area contributed by atoms with Crippen LogP contribution in [0.1, 0.15) is 43.1 Å². The maximum absolute atomic E-state index is 13.1. The van der Waals surface area contributed by atoms with Gasteiger partial charge in [0.25, 0.3) is 11.5 Å². The third kappa shape index (κ3) is 7.45. The van der Waals surface area contributed by atoms with Crippen LogP contribution < -0.4 is 15.7 Å². The monoisotopic (exact) mass is 573 g/mol.